The van der Waals surface area contributed by atoms with E-state index in [1.165, 1.54) is 0 Å². The average Bonchev–Trinajstić information content (AvgIpc) is 3.49. The van der Waals surface area contributed by atoms with Gasteiger partial charge < -0.3 is 19.1 Å². The van der Waals surface area contributed by atoms with Gasteiger partial charge in [0.1, 0.15) is 29.6 Å². The number of benzene rings is 2. The Hall–Kier alpha value is -2.47. The topological polar surface area (TPSA) is 48.0 Å². The molecule has 3 heterocycles. The number of amides is 1. The van der Waals surface area contributed by atoms with Crippen molar-refractivity contribution in [1.29, 1.82) is 0 Å². The Morgan fingerprint density at radius 2 is 1.94 bits per heavy atom. The van der Waals surface area contributed by atoms with E-state index in [-0.39, 0.29) is 25.4 Å². The van der Waals surface area contributed by atoms with Crippen molar-refractivity contribution in [1.82, 2.24) is 0 Å². The largest absolute Gasteiger partial charge is 0.492 e. The molecular formula is C27H25Cl2NO4. The summed E-state index contributed by atoms with van der Waals surface area (Å²) in [4.78, 5) is 16.3. The molecule has 1 saturated heterocycles. The van der Waals surface area contributed by atoms with Gasteiger partial charge in [0.25, 0.3) is 0 Å². The lowest BCUT2D eigenvalue weighted by molar-refractivity contribution is -0.122. The van der Waals surface area contributed by atoms with Gasteiger partial charge in [-0.05, 0) is 47.4 Å². The molecule has 1 spiro atoms. The maximum atomic E-state index is 14.3. The number of ether oxygens (including phenoxy) is 3. The van der Waals surface area contributed by atoms with E-state index in [0.29, 0.717) is 23.0 Å². The summed E-state index contributed by atoms with van der Waals surface area (Å²) in [5.41, 5.74) is 3.80. The summed E-state index contributed by atoms with van der Waals surface area (Å²) < 4.78 is 17.6. The lowest BCUT2D eigenvalue weighted by Crippen LogP contribution is -2.44. The quantitative estimate of drug-likeness (QED) is 0.449. The monoisotopic (exact) mass is 497 g/mol. The number of rotatable bonds is 5. The van der Waals surface area contributed by atoms with Gasteiger partial charge in [0.2, 0.25) is 5.91 Å². The average molecular weight is 498 g/mol. The van der Waals surface area contributed by atoms with Crippen LogP contribution in [0.15, 0.2) is 59.6 Å². The smallest absolute Gasteiger partial charge is 0.245 e. The first-order chi connectivity index (χ1) is 16.5. The van der Waals surface area contributed by atoms with Crippen LogP contribution in [0.2, 0.25) is 10.0 Å². The van der Waals surface area contributed by atoms with Gasteiger partial charge in [-0.3, -0.25) is 4.79 Å². The second kappa shape index (κ2) is 8.33. The zero-order valence-electron chi connectivity index (χ0n) is 18.9. The Morgan fingerprint density at radius 1 is 1.12 bits per heavy atom. The fraction of sp³-hybridized carbons (Fsp3) is 0.370. The third-order valence-electron chi connectivity index (χ3n) is 7.26. The molecule has 2 unspecified atom stereocenters. The van der Waals surface area contributed by atoms with Gasteiger partial charge in [-0.15, -0.1) is 0 Å². The molecule has 4 aliphatic rings. The van der Waals surface area contributed by atoms with Crippen LogP contribution < -0.4 is 4.90 Å². The highest BCUT2D eigenvalue weighted by Gasteiger charge is 2.60. The van der Waals surface area contributed by atoms with Gasteiger partial charge >= 0.3 is 0 Å². The number of carbonyl (C=O) groups is 1. The van der Waals surface area contributed by atoms with Gasteiger partial charge in [0.05, 0.1) is 0 Å². The van der Waals surface area contributed by atoms with E-state index in [1.807, 2.05) is 41.3 Å². The molecule has 1 fully saturated rings. The normalized spacial score (nSPS) is 24.7. The van der Waals surface area contributed by atoms with Crippen LogP contribution in [0.1, 0.15) is 38.2 Å². The number of hydrogen-bond donors (Lipinski definition) is 0. The maximum Gasteiger partial charge on any atom is 0.245 e. The Morgan fingerprint density at radius 3 is 2.74 bits per heavy atom. The predicted molar refractivity (Wildman–Crippen MR) is 132 cm³/mol. The third-order valence-corrected chi connectivity index (χ3v) is 7.70. The number of hydrogen-bond acceptors (Lipinski definition) is 4. The summed E-state index contributed by atoms with van der Waals surface area (Å²) in [6, 6.07) is 11.6. The van der Waals surface area contributed by atoms with Crippen LogP contribution in [-0.4, -0.2) is 32.0 Å². The van der Waals surface area contributed by atoms with E-state index in [1.54, 1.807) is 6.07 Å². The first kappa shape index (κ1) is 22.0. The molecule has 34 heavy (non-hydrogen) atoms. The van der Waals surface area contributed by atoms with E-state index < -0.39 is 5.41 Å². The number of nitrogens with zero attached hydrogens (tertiary/aromatic N) is 1. The molecular weight excluding hydrogens is 473 g/mol. The summed E-state index contributed by atoms with van der Waals surface area (Å²) >= 11 is 12.8. The SMILES string of the molecule is CCCCCN1C(=O)C2(COC3=C2CC2OCOC2=C3)c2c(-c3cc(Cl)cc(Cl)c3)cccc21. The molecule has 7 heteroatoms. The second-order valence-corrected chi connectivity index (χ2v) is 10.1. The number of fused-ring (bicyclic) bond motifs is 4. The number of allylic oxidation sites excluding steroid dienone is 1. The van der Waals surface area contributed by atoms with Crippen molar-refractivity contribution in [3.8, 4) is 11.1 Å². The Kier molecular flexibility index (Phi) is 5.40. The van der Waals surface area contributed by atoms with E-state index in [4.69, 9.17) is 37.4 Å². The van der Waals surface area contributed by atoms with E-state index in [9.17, 15) is 4.79 Å². The van der Waals surface area contributed by atoms with Crippen molar-refractivity contribution in [2.24, 2.45) is 0 Å². The van der Waals surface area contributed by atoms with Crippen LogP contribution in [0.25, 0.3) is 11.1 Å². The van der Waals surface area contributed by atoms with Gasteiger partial charge in [0.15, 0.2) is 6.79 Å². The van der Waals surface area contributed by atoms with Crippen molar-refractivity contribution in [2.45, 2.75) is 44.1 Å². The Balaban J connectivity index is 1.56. The fourth-order valence-electron chi connectivity index (χ4n) is 5.71. The highest BCUT2D eigenvalue weighted by molar-refractivity contribution is 6.35. The number of halogens is 2. The summed E-state index contributed by atoms with van der Waals surface area (Å²) in [5, 5.41) is 1.12. The summed E-state index contributed by atoms with van der Waals surface area (Å²) in [7, 11) is 0. The zero-order chi connectivity index (χ0) is 23.4. The minimum absolute atomic E-state index is 0.0694. The highest BCUT2D eigenvalue weighted by Crippen LogP contribution is 2.57. The minimum atomic E-state index is -0.906. The van der Waals surface area contributed by atoms with Crippen LogP contribution >= 0.6 is 23.2 Å². The highest BCUT2D eigenvalue weighted by atomic mass is 35.5. The molecule has 2 aromatic rings. The fourth-order valence-corrected chi connectivity index (χ4v) is 6.23. The molecule has 0 saturated carbocycles. The molecule has 1 aliphatic carbocycles. The van der Waals surface area contributed by atoms with Crippen molar-refractivity contribution < 1.29 is 19.0 Å². The van der Waals surface area contributed by atoms with E-state index >= 15 is 0 Å². The molecule has 0 N–H and O–H groups in total. The molecule has 2 atom stereocenters. The molecule has 0 aromatic heterocycles. The van der Waals surface area contributed by atoms with Crippen molar-refractivity contribution in [3.63, 3.8) is 0 Å². The van der Waals surface area contributed by atoms with Crippen molar-refractivity contribution >= 4 is 34.8 Å². The maximum absolute atomic E-state index is 14.3. The predicted octanol–water partition coefficient (Wildman–Crippen LogP) is 6.38. The molecule has 0 radical (unpaired) electrons. The number of anilines is 1. The van der Waals surface area contributed by atoms with Crippen LogP contribution in [-0.2, 0) is 24.4 Å². The minimum Gasteiger partial charge on any atom is -0.492 e. The summed E-state index contributed by atoms with van der Waals surface area (Å²) in [6.07, 6.45) is 5.39. The molecule has 5 nitrogen and oxygen atoms in total. The van der Waals surface area contributed by atoms with Crippen LogP contribution in [0.4, 0.5) is 5.69 Å². The van der Waals surface area contributed by atoms with Crippen LogP contribution in [0, 0.1) is 0 Å². The standard InChI is InChI=1S/C27H25Cl2NO4/c1-2-3-4-8-30-21-7-5-6-19(16-9-17(28)11-18(29)10-16)25(21)27(26(30)31)14-32-22-13-24-23(12-20(22)27)33-15-34-24/h5-7,9-11,13,23H,2-4,8,12,14-15H2,1H3. The summed E-state index contributed by atoms with van der Waals surface area (Å²) in [5.74, 6) is 1.57. The molecule has 0 bridgehead atoms. The van der Waals surface area contributed by atoms with Crippen LogP contribution in [0.3, 0.4) is 0 Å². The van der Waals surface area contributed by atoms with Gasteiger partial charge in [-0.1, -0.05) is 55.1 Å². The number of carbonyl (C=O) groups excluding carboxylic acids is 1. The Labute approximate surface area is 208 Å². The lowest BCUT2D eigenvalue weighted by Gasteiger charge is -2.28. The molecule has 1 amide bonds. The summed E-state index contributed by atoms with van der Waals surface area (Å²) in [6.45, 7) is 3.33. The number of unbranched alkanes of at least 4 members (excludes halogenated alkanes) is 2. The second-order valence-electron chi connectivity index (χ2n) is 9.23. The van der Waals surface area contributed by atoms with Crippen LogP contribution in [0.5, 0.6) is 0 Å². The van der Waals surface area contributed by atoms with Crippen molar-refractivity contribution in [2.75, 3.05) is 24.8 Å². The first-order valence-electron chi connectivity index (χ1n) is 11.8. The molecule has 6 rings (SSSR count). The van der Waals surface area contributed by atoms with E-state index in [2.05, 4.69) is 6.92 Å². The molecule has 3 aliphatic heterocycles. The Bertz CT molecular complexity index is 1230. The van der Waals surface area contributed by atoms with E-state index in [0.717, 1.165) is 58.7 Å². The van der Waals surface area contributed by atoms with Gasteiger partial charge in [-0.2, -0.15) is 0 Å². The zero-order valence-corrected chi connectivity index (χ0v) is 20.4. The lowest BCUT2D eigenvalue weighted by atomic mass is 9.71. The molecule has 176 valence electrons. The molecule has 2 aromatic carbocycles. The third kappa shape index (κ3) is 3.21. The van der Waals surface area contributed by atoms with Gasteiger partial charge in [0, 0.05) is 40.3 Å². The van der Waals surface area contributed by atoms with Crippen molar-refractivity contribution in [3.05, 3.63) is 75.2 Å². The first-order valence-corrected chi connectivity index (χ1v) is 12.5. The van der Waals surface area contributed by atoms with Gasteiger partial charge in [-0.25, -0.2) is 0 Å².